The van der Waals surface area contributed by atoms with E-state index in [2.05, 4.69) is 21.4 Å². The Bertz CT molecular complexity index is 277. The second kappa shape index (κ2) is 15.0. The van der Waals surface area contributed by atoms with Crippen molar-refractivity contribution in [2.45, 2.75) is 13.8 Å². The average molecular weight is 270 g/mol. The molecule has 0 fully saturated rings. The Hall–Kier alpha value is -0.960. The van der Waals surface area contributed by atoms with Gasteiger partial charge in [0, 0.05) is 6.54 Å². The SMILES string of the molecule is C=CC(=O)NCC.CCOS(=O)(=O)O.CNC. The third-order valence-corrected chi connectivity index (χ3v) is 1.34. The molecule has 7 nitrogen and oxygen atoms in total. The molecule has 0 radical (unpaired) electrons. The molecule has 0 aliphatic rings. The van der Waals surface area contributed by atoms with Crippen LogP contribution in [0.2, 0.25) is 0 Å². The highest BCUT2D eigenvalue weighted by Crippen LogP contribution is 1.81. The van der Waals surface area contributed by atoms with Crippen LogP contribution in [0.4, 0.5) is 0 Å². The maximum atomic E-state index is 10.2. The van der Waals surface area contributed by atoms with Crippen molar-refractivity contribution in [2.75, 3.05) is 27.2 Å². The first-order chi connectivity index (χ1) is 7.78. The van der Waals surface area contributed by atoms with E-state index < -0.39 is 10.4 Å². The summed E-state index contributed by atoms with van der Waals surface area (Å²) >= 11 is 0. The lowest BCUT2D eigenvalue weighted by Gasteiger charge is -1.90. The van der Waals surface area contributed by atoms with Crippen LogP contribution in [0.3, 0.4) is 0 Å². The molecule has 3 N–H and O–H groups in total. The summed E-state index contributed by atoms with van der Waals surface area (Å²) in [5.74, 6) is -0.109. The molecule has 0 unspecified atom stereocenters. The number of carbonyl (C=O) groups is 1. The molecule has 0 saturated carbocycles. The van der Waals surface area contributed by atoms with Gasteiger partial charge in [0.05, 0.1) is 6.61 Å². The van der Waals surface area contributed by atoms with Crippen LogP contribution in [-0.4, -0.2) is 46.1 Å². The Morgan fingerprint density at radius 3 is 1.88 bits per heavy atom. The summed E-state index contributed by atoms with van der Waals surface area (Å²) in [5, 5.41) is 5.29. The Kier molecular flexibility index (Phi) is 18.9. The zero-order chi connectivity index (χ0) is 14.3. The van der Waals surface area contributed by atoms with Crippen LogP contribution in [-0.2, 0) is 19.4 Å². The second-order valence-electron chi connectivity index (χ2n) is 2.43. The fourth-order valence-corrected chi connectivity index (χ4v) is 0.693. The normalized spacial score (nSPS) is 9.00. The molecular weight excluding hydrogens is 248 g/mol. The highest BCUT2D eigenvalue weighted by molar-refractivity contribution is 7.80. The lowest BCUT2D eigenvalue weighted by atomic mass is 10.6. The standard InChI is InChI=1S/C5H9NO.C2H7N.C2H6O4S/c1-3-5(7)6-4-2;1-3-2;1-2-6-7(3,4)5/h3H,1,4H2,2H3,(H,6,7);3H,1-2H3;2H2,1H3,(H,3,4,5). The molecule has 8 heteroatoms. The van der Waals surface area contributed by atoms with E-state index in [-0.39, 0.29) is 12.5 Å². The quantitative estimate of drug-likeness (QED) is 0.489. The van der Waals surface area contributed by atoms with Gasteiger partial charge in [-0.25, -0.2) is 4.18 Å². The smallest absolute Gasteiger partial charge is 0.353 e. The predicted molar refractivity (Wildman–Crippen MR) is 67.0 cm³/mol. The topological polar surface area (TPSA) is 105 Å². The van der Waals surface area contributed by atoms with Crippen molar-refractivity contribution in [3.63, 3.8) is 0 Å². The number of carbonyl (C=O) groups excluding carboxylic acids is 1. The van der Waals surface area contributed by atoms with Crippen LogP contribution in [0, 0.1) is 0 Å². The van der Waals surface area contributed by atoms with Crippen molar-refractivity contribution in [2.24, 2.45) is 0 Å². The van der Waals surface area contributed by atoms with E-state index in [1.807, 2.05) is 21.0 Å². The lowest BCUT2D eigenvalue weighted by molar-refractivity contribution is -0.116. The molecule has 0 aromatic heterocycles. The Labute approximate surface area is 103 Å². The number of hydrogen-bond acceptors (Lipinski definition) is 5. The fourth-order valence-electron chi connectivity index (χ4n) is 0.395. The van der Waals surface area contributed by atoms with E-state index in [0.717, 1.165) is 0 Å². The van der Waals surface area contributed by atoms with Gasteiger partial charge in [0.1, 0.15) is 0 Å². The van der Waals surface area contributed by atoms with Gasteiger partial charge in [-0.3, -0.25) is 9.35 Å². The molecule has 0 aromatic rings. The van der Waals surface area contributed by atoms with Gasteiger partial charge in [-0.15, -0.1) is 0 Å². The molecule has 104 valence electrons. The lowest BCUT2D eigenvalue weighted by Crippen LogP contribution is -2.19. The third-order valence-electron chi connectivity index (χ3n) is 0.803. The molecule has 0 aliphatic heterocycles. The molecule has 0 spiro atoms. The summed E-state index contributed by atoms with van der Waals surface area (Å²) in [5.41, 5.74) is 0. The van der Waals surface area contributed by atoms with Crippen molar-refractivity contribution < 1.29 is 21.9 Å². The van der Waals surface area contributed by atoms with Gasteiger partial charge < -0.3 is 10.6 Å². The van der Waals surface area contributed by atoms with E-state index in [0.29, 0.717) is 6.54 Å². The minimum Gasteiger partial charge on any atom is -0.353 e. The molecule has 17 heavy (non-hydrogen) atoms. The summed E-state index contributed by atoms with van der Waals surface area (Å²) in [7, 11) is -0.424. The zero-order valence-corrected chi connectivity index (χ0v) is 11.5. The van der Waals surface area contributed by atoms with Crippen LogP contribution in [0.1, 0.15) is 13.8 Å². The van der Waals surface area contributed by atoms with E-state index in [1.165, 1.54) is 13.0 Å². The summed E-state index contributed by atoms with van der Waals surface area (Å²) < 4.78 is 30.7. The summed E-state index contributed by atoms with van der Waals surface area (Å²) in [4.78, 5) is 10.2. The molecule has 1 amide bonds. The van der Waals surface area contributed by atoms with E-state index in [4.69, 9.17) is 4.55 Å². The summed E-state index contributed by atoms with van der Waals surface area (Å²) in [6.07, 6.45) is 1.25. The van der Waals surface area contributed by atoms with Gasteiger partial charge >= 0.3 is 10.4 Å². The molecular formula is C9H22N2O5S. The maximum Gasteiger partial charge on any atom is 0.397 e. The van der Waals surface area contributed by atoms with E-state index >= 15 is 0 Å². The number of amides is 1. The molecule has 0 rings (SSSR count). The number of nitrogens with one attached hydrogen (secondary N) is 2. The molecule has 0 bridgehead atoms. The Balaban J connectivity index is -0.000000188. The highest BCUT2D eigenvalue weighted by atomic mass is 32.3. The van der Waals surface area contributed by atoms with Crippen LogP contribution in [0.25, 0.3) is 0 Å². The first-order valence-corrected chi connectivity index (χ1v) is 6.26. The van der Waals surface area contributed by atoms with E-state index in [1.54, 1.807) is 0 Å². The molecule has 0 aliphatic carbocycles. The van der Waals surface area contributed by atoms with Crippen molar-refractivity contribution >= 4 is 16.3 Å². The third kappa shape index (κ3) is 39.6. The first-order valence-electron chi connectivity index (χ1n) is 4.89. The average Bonchev–Trinajstić information content (AvgIpc) is 2.18. The number of rotatable bonds is 4. The minimum absolute atomic E-state index is 0.0289. The number of hydrogen-bond donors (Lipinski definition) is 3. The van der Waals surface area contributed by atoms with E-state index in [9.17, 15) is 13.2 Å². The summed E-state index contributed by atoms with van der Waals surface area (Å²) in [6.45, 7) is 7.24. The monoisotopic (exact) mass is 270 g/mol. The van der Waals surface area contributed by atoms with Crippen molar-refractivity contribution in [1.82, 2.24) is 10.6 Å². The van der Waals surface area contributed by atoms with Gasteiger partial charge in [-0.2, -0.15) is 8.42 Å². The Morgan fingerprint density at radius 1 is 1.41 bits per heavy atom. The summed E-state index contributed by atoms with van der Waals surface area (Å²) in [6, 6.07) is 0. The van der Waals surface area contributed by atoms with Crippen LogP contribution < -0.4 is 10.6 Å². The number of likely N-dealkylation sites (N-methyl/N-ethyl adjacent to an activating group) is 1. The van der Waals surface area contributed by atoms with Gasteiger partial charge in [-0.05, 0) is 34.0 Å². The van der Waals surface area contributed by atoms with Gasteiger partial charge in [0.25, 0.3) is 0 Å². The van der Waals surface area contributed by atoms with Gasteiger partial charge in [0.2, 0.25) is 5.91 Å². The van der Waals surface area contributed by atoms with Gasteiger partial charge in [0.15, 0.2) is 0 Å². The molecule has 0 atom stereocenters. The van der Waals surface area contributed by atoms with Crippen molar-refractivity contribution in [3.05, 3.63) is 12.7 Å². The van der Waals surface area contributed by atoms with Crippen molar-refractivity contribution in [3.8, 4) is 0 Å². The maximum absolute atomic E-state index is 10.2. The largest absolute Gasteiger partial charge is 0.397 e. The zero-order valence-electron chi connectivity index (χ0n) is 10.7. The second-order valence-corrected chi connectivity index (χ2v) is 3.52. The van der Waals surface area contributed by atoms with Crippen LogP contribution >= 0.6 is 0 Å². The molecule has 0 saturated heterocycles. The van der Waals surface area contributed by atoms with Crippen molar-refractivity contribution in [1.29, 1.82) is 0 Å². The fraction of sp³-hybridized carbons (Fsp3) is 0.667. The highest BCUT2D eigenvalue weighted by Gasteiger charge is 1.98. The predicted octanol–water partition coefficient (Wildman–Crippen LogP) is -0.0302. The first kappa shape index (κ1) is 21.3. The minimum atomic E-state index is -4.17. The van der Waals surface area contributed by atoms with Crippen LogP contribution in [0.5, 0.6) is 0 Å². The van der Waals surface area contributed by atoms with Crippen LogP contribution in [0.15, 0.2) is 12.7 Å². The molecule has 0 aromatic carbocycles. The Morgan fingerprint density at radius 2 is 1.82 bits per heavy atom. The molecule has 0 heterocycles. The van der Waals surface area contributed by atoms with Gasteiger partial charge in [-0.1, -0.05) is 6.58 Å².